The maximum absolute atomic E-state index is 11.6. The molecule has 10 heteroatoms. The normalized spacial score (nSPS) is 11.1. The van der Waals surface area contributed by atoms with E-state index in [4.69, 9.17) is 18.9 Å². The fraction of sp³-hybridized carbons (Fsp3) is 0.962. The minimum Gasteiger partial charge on any atom is -1.00 e. The van der Waals surface area contributed by atoms with Crippen molar-refractivity contribution >= 4 is 11.8 Å². The van der Waals surface area contributed by atoms with Crippen molar-refractivity contribution in [1.29, 1.82) is 0 Å². The van der Waals surface area contributed by atoms with Gasteiger partial charge >= 0.3 is 11.8 Å². The third-order valence-electron chi connectivity index (χ3n) is 11.6. The molecular formula is C52H108Cl2N2O6. The molecule has 8 nitrogen and oxygen atoms in total. The molecule has 0 aliphatic heterocycles. The SMILES string of the molecule is CCCCCCCCCCCCOC(OCCCCCCCCCCCC)C([NH3+])=O.CCCCCCCCCCCCOC(OCCCCCCCCCCCC)C([NH3+])=O.[Cl-].[Cl-]. The Labute approximate surface area is 398 Å². The van der Waals surface area contributed by atoms with E-state index in [2.05, 4.69) is 39.2 Å². The highest BCUT2D eigenvalue weighted by molar-refractivity contribution is 5.68. The summed E-state index contributed by atoms with van der Waals surface area (Å²) >= 11 is 0. The summed E-state index contributed by atoms with van der Waals surface area (Å²) in [5.41, 5.74) is 6.98. The van der Waals surface area contributed by atoms with Gasteiger partial charge in [-0.1, -0.05) is 259 Å². The van der Waals surface area contributed by atoms with Crippen molar-refractivity contribution in [3.63, 3.8) is 0 Å². The highest BCUT2D eigenvalue weighted by Gasteiger charge is 2.20. The van der Waals surface area contributed by atoms with Crippen LogP contribution in [0.5, 0.6) is 0 Å². The predicted molar refractivity (Wildman–Crippen MR) is 255 cm³/mol. The van der Waals surface area contributed by atoms with Gasteiger partial charge in [-0.3, -0.25) is 11.5 Å². The lowest BCUT2D eigenvalue weighted by Crippen LogP contribution is -3.00. The molecule has 0 radical (unpaired) electrons. The summed E-state index contributed by atoms with van der Waals surface area (Å²) in [6.07, 6.45) is 50.3. The molecule has 0 spiro atoms. The van der Waals surface area contributed by atoms with Gasteiger partial charge in [-0.05, 0) is 25.7 Å². The molecule has 62 heavy (non-hydrogen) atoms. The summed E-state index contributed by atoms with van der Waals surface area (Å²) in [6.45, 7) is 11.4. The van der Waals surface area contributed by atoms with Crippen LogP contribution in [-0.4, -0.2) is 50.8 Å². The lowest BCUT2D eigenvalue weighted by molar-refractivity contribution is -0.335. The zero-order chi connectivity index (χ0) is 44.3. The van der Waals surface area contributed by atoms with Crippen LogP contribution < -0.4 is 36.3 Å². The van der Waals surface area contributed by atoms with Gasteiger partial charge in [-0.25, -0.2) is 9.59 Å². The van der Waals surface area contributed by atoms with E-state index >= 15 is 0 Å². The van der Waals surface area contributed by atoms with E-state index < -0.39 is 12.6 Å². The molecule has 376 valence electrons. The summed E-state index contributed by atoms with van der Waals surface area (Å²) in [6, 6.07) is 0. The van der Waals surface area contributed by atoms with Crippen LogP contribution in [0.4, 0.5) is 0 Å². The third-order valence-corrected chi connectivity index (χ3v) is 11.6. The van der Waals surface area contributed by atoms with E-state index in [1.165, 1.54) is 231 Å². The Hall–Kier alpha value is -0.320. The molecule has 6 N–H and O–H groups in total. The number of quaternary nitrogens is 2. The van der Waals surface area contributed by atoms with Crippen molar-refractivity contribution in [3.8, 4) is 0 Å². The first-order chi connectivity index (χ1) is 29.4. The fourth-order valence-electron chi connectivity index (χ4n) is 7.59. The fourth-order valence-corrected chi connectivity index (χ4v) is 7.59. The number of hydrogen-bond donors (Lipinski definition) is 2. The second-order valence-corrected chi connectivity index (χ2v) is 17.8. The maximum atomic E-state index is 11.6. The first-order valence-corrected chi connectivity index (χ1v) is 26.6. The Morgan fingerprint density at radius 2 is 0.403 bits per heavy atom. The van der Waals surface area contributed by atoms with Gasteiger partial charge in [0.05, 0.1) is 26.4 Å². The number of carbonyl (C=O) groups excluding carboxylic acids is 2. The van der Waals surface area contributed by atoms with Gasteiger partial charge in [-0.15, -0.1) is 0 Å². The number of hydrogen-bond acceptors (Lipinski definition) is 6. The van der Waals surface area contributed by atoms with Crippen LogP contribution in [0.1, 0.15) is 285 Å². The highest BCUT2D eigenvalue weighted by atomic mass is 35.5. The van der Waals surface area contributed by atoms with Gasteiger partial charge < -0.3 is 43.8 Å². The van der Waals surface area contributed by atoms with Crippen molar-refractivity contribution in [1.82, 2.24) is 0 Å². The second-order valence-electron chi connectivity index (χ2n) is 17.8. The summed E-state index contributed by atoms with van der Waals surface area (Å²) in [5, 5.41) is 0. The quantitative estimate of drug-likeness (QED) is 0.0472. The van der Waals surface area contributed by atoms with Crippen molar-refractivity contribution in [2.75, 3.05) is 26.4 Å². The Morgan fingerprint density at radius 1 is 0.274 bits per heavy atom. The molecule has 0 fully saturated rings. The minimum atomic E-state index is -0.762. The van der Waals surface area contributed by atoms with E-state index in [0.29, 0.717) is 26.4 Å². The summed E-state index contributed by atoms with van der Waals surface area (Å²) < 4.78 is 22.5. The first-order valence-electron chi connectivity index (χ1n) is 26.6. The van der Waals surface area contributed by atoms with E-state index in [1.807, 2.05) is 0 Å². The molecule has 0 aliphatic carbocycles. The molecule has 0 aromatic heterocycles. The van der Waals surface area contributed by atoms with Crippen LogP contribution in [0, 0.1) is 0 Å². The van der Waals surface area contributed by atoms with E-state index in [0.717, 1.165) is 25.7 Å². The van der Waals surface area contributed by atoms with Crippen LogP contribution in [0.2, 0.25) is 0 Å². The maximum Gasteiger partial charge on any atom is 0.365 e. The number of unbranched alkanes of at least 4 members (excludes halogenated alkanes) is 36. The zero-order valence-corrected chi connectivity index (χ0v) is 43.4. The molecule has 0 atom stereocenters. The Kier molecular flexibility index (Phi) is 66.8. The average molecular weight is 928 g/mol. The summed E-state index contributed by atoms with van der Waals surface area (Å²) in [4.78, 5) is 23.2. The van der Waals surface area contributed by atoms with Gasteiger partial charge in [0, 0.05) is 0 Å². The smallest absolute Gasteiger partial charge is 0.365 e. The second kappa shape index (κ2) is 60.7. The van der Waals surface area contributed by atoms with Crippen LogP contribution in [0.15, 0.2) is 0 Å². The molecule has 0 bridgehead atoms. The van der Waals surface area contributed by atoms with Crippen molar-refractivity contribution in [2.45, 2.75) is 297 Å². The largest absolute Gasteiger partial charge is 1.00 e. The van der Waals surface area contributed by atoms with Crippen LogP contribution in [-0.2, 0) is 28.5 Å². The van der Waals surface area contributed by atoms with Crippen LogP contribution >= 0.6 is 0 Å². The predicted octanol–water partition coefficient (Wildman–Crippen LogP) is 7.92. The average Bonchev–Trinajstić information content (AvgIpc) is 3.24. The molecule has 0 aromatic rings. The van der Waals surface area contributed by atoms with Crippen molar-refractivity contribution in [2.24, 2.45) is 0 Å². The molecule has 0 unspecified atom stereocenters. The molecule has 0 saturated heterocycles. The van der Waals surface area contributed by atoms with Gasteiger partial charge in [-0.2, -0.15) is 0 Å². The first kappa shape index (κ1) is 68.3. The standard InChI is InChI=1S/2C26H53NO3.2ClH/c2*1-3-5-7-9-11-13-15-17-19-21-23-29-26(25(27)28)30-24-22-20-18-16-14-12-10-8-6-4-2;;/h2*26H,3-24H2,1-2H3,(H2,27,28);2*1H. The van der Waals surface area contributed by atoms with E-state index in [9.17, 15) is 9.59 Å². The number of halogens is 2. The molecule has 0 heterocycles. The Balaban J connectivity index is -0.000000526. The molecule has 0 saturated carbocycles. The van der Waals surface area contributed by atoms with Gasteiger partial charge in [0.15, 0.2) is 0 Å². The summed E-state index contributed by atoms with van der Waals surface area (Å²) in [7, 11) is 0. The van der Waals surface area contributed by atoms with Gasteiger partial charge in [0.25, 0.3) is 12.6 Å². The van der Waals surface area contributed by atoms with Gasteiger partial charge in [0.2, 0.25) is 0 Å². The van der Waals surface area contributed by atoms with Crippen LogP contribution in [0.25, 0.3) is 0 Å². The number of ether oxygens (including phenoxy) is 4. The third kappa shape index (κ3) is 57.7. The van der Waals surface area contributed by atoms with Crippen molar-refractivity contribution in [3.05, 3.63) is 0 Å². The van der Waals surface area contributed by atoms with Crippen molar-refractivity contribution < 1.29 is 64.8 Å². The topological polar surface area (TPSA) is 126 Å². The summed E-state index contributed by atoms with van der Waals surface area (Å²) in [5.74, 6) is -0.511. The van der Waals surface area contributed by atoms with E-state index in [-0.39, 0.29) is 36.6 Å². The Morgan fingerprint density at radius 3 is 0.532 bits per heavy atom. The lowest BCUT2D eigenvalue weighted by Gasteiger charge is -2.13. The monoisotopic (exact) mass is 927 g/mol. The minimum absolute atomic E-state index is 0. The number of amides is 2. The molecule has 2 amide bonds. The van der Waals surface area contributed by atoms with Gasteiger partial charge in [0.1, 0.15) is 0 Å². The molecule has 0 rings (SSSR count). The van der Waals surface area contributed by atoms with Crippen LogP contribution in [0.3, 0.4) is 0 Å². The highest BCUT2D eigenvalue weighted by Crippen LogP contribution is 2.15. The zero-order valence-electron chi connectivity index (χ0n) is 41.9. The number of carbonyl (C=O) groups is 2. The van der Waals surface area contributed by atoms with E-state index in [1.54, 1.807) is 0 Å². The molecular weight excluding hydrogens is 819 g/mol. The number of rotatable bonds is 50. The molecule has 0 aromatic carbocycles. The molecule has 0 aliphatic rings. The lowest BCUT2D eigenvalue weighted by atomic mass is 10.1. The Bertz CT molecular complexity index is 725.